The van der Waals surface area contributed by atoms with Gasteiger partial charge in [-0.25, -0.2) is 14.6 Å². The fourth-order valence-electron chi connectivity index (χ4n) is 2.79. The summed E-state index contributed by atoms with van der Waals surface area (Å²) < 4.78 is 8.05. The average Bonchev–Trinajstić information content (AvgIpc) is 3.28. The highest BCUT2D eigenvalue weighted by Crippen LogP contribution is 2.31. The molecule has 1 aromatic carbocycles. The first-order chi connectivity index (χ1) is 12.2. The molecule has 4 rings (SSSR count). The smallest absolute Gasteiger partial charge is 0.252 e. The van der Waals surface area contributed by atoms with Crippen molar-refractivity contribution < 1.29 is 9.53 Å². The number of hydrogen-bond donors (Lipinski definition) is 0. The number of nitrogens with zero attached hydrogens (tertiary/aromatic N) is 6. The molecule has 25 heavy (non-hydrogen) atoms. The van der Waals surface area contributed by atoms with Crippen LogP contribution in [-0.2, 0) is 16.1 Å². The Morgan fingerprint density at radius 3 is 3.12 bits per heavy atom. The minimum Gasteiger partial charge on any atom is -0.377 e. The minimum absolute atomic E-state index is 0.0378. The summed E-state index contributed by atoms with van der Waals surface area (Å²) in [5, 5.41) is 13.6. The lowest BCUT2D eigenvalue weighted by atomic mass is 10.2. The molecule has 1 fully saturated rings. The fraction of sp³-hybridized carbons (Fsp3) is 0.312. The van der Waals surface area contributed by atoms with Gasteiger partial charge in [0.25, 0.3) is 5.82 Å². The summed E-state index contributed by atoms with van der Waals surface area (Å²) in [6.45, 7) is 1.45. The topological polar surface area (TPSA) is 96.9 Å². The van der Waals surface area contributed by atoms with Gasteiger partial charge >= 0.3 is 0 Å². The third-order valence-electron chi connectivity index (χ3n) is 3.98. The predicted octanol–water partition coefficient (Wildman–Crippen LogP) is 1.36. The Morgan fingerprint density at radius 2 is 2.32 bits per heavy atom. The van der Waals surface area contributed by atoms with Crippen LogP contribution >= 0.6 is 11.3 Å². The van der Waals surface area contributed by atoms with E-state index in [1.165, 1.54) is 11.0 Å². The number of nitriles is 1. The third kappa shape index (κ3) is 3.09. The summed E-state index contributed by atoms with van der Waals surface area (Å²) in [7, 11) is 0. The first-order valence-electron chi connectivity index (χ1n) is 7.77. The van der Waals surface area contributed by atoms with Gasteiger partial charge in [-0.15, -0.1) is 16.4 Å². The Labute approximate surface area is 147 Å². The zero-order valence-corrected chi connectivity index (χ0v) is 14.0. The van der Waals surface area contributed by atoms with E-state index in [1.54, 1.807) is 16.2 Å². The van der Waals surface area contributed by atoms with E-state index in [-0.39, 0.29) is 24.3 Å². The van der Waals surface area contributed by atoms with E-state index >= 15 is 0 Å². The SMILES string of the molecule is N#Cc1ncn(CC(=O)N2CCOCC2c2nc3ccccc3s2)n1. The maximum atomic E-state index is 12.7. The van der Waals surface area contributed by atoms with Crippen molar-refractivity contribution in [2.75, 3.05) is 19.8 Å². The van der Waals surface area contributed by atoms with Crippen molar-refractivity contribution >= 4 is 27.5 Å². The second-order valence-electron chi connectivity index (χ2n) is 5.58. The van der Waals surface area contributed by atoms with Gasteiger partial charge in [0.2, 0.25) is 5.91 Å². The number of thiazole rings is 1. The minimum atomic E-state index is -0.211. The highest BCUT2D eigenvalue weighted by molar-refractivity contribution is 7.18. The van der Waals surface area contributed by atoms with Crippen molar-refractivity contribution in [3.8, 4) is 6.07 Å². The lowest BCUT2D eigenvalue weighted by Crippen LogP contribution is -2.44. The molecule has 0 spiro atoms. The molecule has 0 bridgehead atoms. The molecule has 0 radical (unpaired) electrons. The van der Waals surface area contributed by atoms with Gasteiger partial charge in [0, 0.05) is 6.54 Å². The lowest BCUT2D eigenvalue weighted by molar-refractivity contribution is -0.141. The first kappa shape index (κ1) is 15.7. The van der Waals surface area contributed by atoms with Gasteiger partial charge in [-0.2, -0.15) is 5.26 Å². The quantitative estimate of drug-likeness (QED) is 0.704. The third-order valence-corrected chi connectivity index (χ3v) is 5.12. The van der Waals surface area contributed by atoms with Crippen LogP contribution in [0.3, 0.4) is 0 Å². The summed E-state index contributed by atoms with van der Waals surface area (Å²) in [6.07, 6.45) is 1.39. The molecule has 1 amide bonds. The van der Waals surface area contributed by atoms with Crippen LogP contribution in [-0.4, -0.2) is 50.3 Å². The first-order valence-corrected chi connectivity index (χ1v) is 8.58. The molecule has 3 aromatic rings. The lowest BCUT2D eigenvalue weighted by Gasteiger charge is -2.34. The zero-order chi connectivity index (χ0) is 17.2. The molecule has 1 saturated heterocycles. The molecule has 0 N–H and O–H groups in total. The molecular formula is C16H14N6O2S. The van der Waals surface area contributed by atoms with E-state index in [4.69, 9.17) is 10.00 Å². The van der Waals surface area contributed by atoms with Crippen molar-refractivity contribution in [2.24, 2.45) is 0 Å². The van der Waals surface area contributed by atoms with Gasteiger partial charge in [0.05, 0.1) is 23.4 Å². The van der Waals surface area contributed by atoms with E-state index in [9.17, 15) is 4.79 Å². The van der Waals surface area contributed by atoms with E-state index in [2.05, 4.69) is 15.1 Å². The second kappa shape index (κ2) is 6.58. The number of ether oxygens (including phenoxy) is 1. The van der Waals surface area contributed by atoms with Crippen LogP contribution in [0.5, 0.6) is 0 Å². The van der Waals surface area contributed by atoms with Gasteiger partial charge < -0.3 is 9.64 Å². The Hall–Kier alpha value is -2.83. The summed E-state index contributed by atoms with van der Waals surface area (Å²) in [6, 6.07) is 9.55. The van der Waals surface area contributed by atoms with Crippen LogP contribution < -0.4 is 0 Å². The zero-order valence-electron chi connectivity index (χ0n) is 13.2. The molecular weight excluding hydrogens is 340 g/mol. The van der Waals surface area contributed by atoms with E-state index in [1.807, 2.05) is 30.3 Å². The largest absolute Gasteiger partial charge is 0.377 e. The number of para-hydroxylation sites is 1. The molecule has 1 aliphatic heterocycles. The normalized spacial score (nSPS) is 17.6. The number of hydrogen-bond acceptors (Lipinski definition) is 7. The van der Waals surface area contributed by atoms with Gasteiger partial charge in [0.1, 0.15) is 30.0 Å². The number of benzene rings is 1. The van der Waals surface area contributed by atoms with Gasteiger partial charge in [-0.05, 0) is 12.1 Å². The number of carbonyl (C=O) groups excluding carboxylic acids is 1. The number of rotatable bonds is 3. The molecule has 8 nitrogen and oxygen atoms in total. The fourth-order valence-corrected chi connectivity index (χ4v) is 3.86. The Kier molecular flexibility index (Phi) is 4.13. The van der Waals surface area contributed by atoms with Crippen molar-refractivity contribution in [3.63, 3.8) is 0 Å². The maximum absolute atomic E-state index is 12.7. The predicted molar refractivity (Wildman–Crippen MR) is 89.6 cm³/mol. The molecule has 1 aliphatic rings. The number of carbonyl (C=O) groups is 1. The van der Waals surface area contributed by atoms with Gasteiger partial charge in [-0.1, -0.05) is 12.1 Å². The Bertz CT molecular complexity index is 926. The molecule has 2 aromatic heterocycles. The van der Waals surface area contributed by atoms with Crippen LogP contribution in [0.4, 0.5) is 0 Å². The molecule has 0 saturated carbocycles. The monoisotopic (exact) mass is 354 g/mol. The number of amides is 1. The highest BCUT2D eigenvalue weighted by Gasteiger charge is 2.31. The Balaban J connectivity index is 1.57. The Morgan fingerprint density at radius 1 is 1.44 bits per heavy atom. The molecule has 1 unspecified atom stereocenters. The van der Waals surface area contributed by atoms with Gasteiger partial charge in [0.15, 0.2) is 0 Å². The van der Waals surface area contributed by atoms with Crippen molar-refractivity contribution in [1.82, 2.24) is 24.6 Å². The number of morpholine rings is 1. The molecule has 1 atom stereocenters. The van der Waals surface area contributed by atoms with E-state index in [0.717, 1.165) is 15.2 Å². The maximum Gasteiger partial charge on any atom is 0.252 e. The summed E-state index contributed by atoms with van der Waals surface area (Å²) in [5.74, 6) is -0.0422. The van der Waals surface area contributed by atoms with Crippen LogP contribution in [0.1, 0.15) is 16.9 Å². The van der Waals surface area contributed by atoms with Crippen molar-refractivity contribution in [3.05, 3.63) is 41.4 Å². The van der Waals surface area contributed by atoms with Crippen LogP contribution in [0.15, 0.2) is 30.6 Å². The summed E-state index contributed by atoms with van der Waals surface area (Å²) in [4.78, 5) is 23.0. The molecule has 0 aliphatic carbocycles. The molecule has 3 heterocycles. The molecule has 9 heteroatoms. The summed E-state index contributed by atoms with van der Waals surface area (Å²) >= 11 is 1.58. The van der Waals surface area contributed by atoms with Crippen molar-refractivity contribution in [2.45, 2.75) is 12.6 Å². The van der Waals surface area contributed by atoms with Crippen LogP contribution in [0, 0.1) is 11.3 Å². The average molecular weight is 354 g/mol. The number of fused-ring (bicyclic) bond motifs is 1. The highest BCUT2D eigenvalue weighted by atomic mass is 32.1. The standard InChI is InChI=1S/C16H14N6O2S/c17-7-14-18-10-21(20-14)8-15(23)22-5-6-24-9-12(22)16-19-11-3-1-2-4-13(11)25-16/h1-4,10,12H,5-6,8-9H2. The summed E-state index contributed by atoms with van der Waals surface area (Å²) in [5.41, 5.74) is 0.926. The van der Waals surface area contributed by atoms with E-state index in [0.29, 0.717) is 19.8 Å². The van der Waals surface area contributed by atoms with Crippen molar-refractivity contribution in [1.29, 1.82) is 5.26 Å². The van der Waals surface area contributed by atoms with E-state index < -0.39 is 0 Å². The van der Waals surface area contributed by atoms with Gasteiger partial charge in [-0.3, -0.25) is 4.79 Å². The number of aromatic nitrogens is 4. The van der Waals surface area contributed by atoms with Crippen LogP contribution in [0.2, 0.25) is 0 Å². The second-order valence-corrected chi connectivity index (χ2v) is 6.64. The van der Waals surface area contributed by atoms with Crippen LogP contribution in [0.25, 0.3) is 10.2 Å². The molecule has 126 valence electrons.